The Labute approximate surface area is 120 Å². The molecule has 1 aromatic carbocycles. The summed E-state index contributed by atoms with van der Waals surface area (Å²) in [5.74, 6) is 0.242. The molecule has 0 aliphatic heterocycles. The van der Waals surface area contributed by atoms with Crippen LogP contribution in [-0.2, 0) is 6.54 Å². The average molecular weight is 270 g/mol. The number of nitrogens with two attached hydrogens (primary N) is 1. The second-order valence-corrected chi connectivity index (χ2v) is 5.33. The van der Waals surface area contributed by atoms with E-state index in [1.807, 2.05) is 12.3 Å². The minimum atomic E-state index is 0.242. The number of nitrogens with zero attached hydrogens (tertiary/aromatic N) is 2. The van der Waals surface area contributed by atoms with Crippen molar-refractivity contribution in [2.45, 2.75) is 32.9 Å². The van der Waals surface area contributed by atoms with Crippen molar-refractivity contribution in [2.24, 2.45) is 5.73 Å². The summed E-state index contributed by atoms with van der Waals surface area (Å²) in [4.78, 5) is 6.82. The molecule has 0 atom stereocenters. The zero-order valence-electron chi connectivity index (χ0n) is 12.1. The van der Waals surface area contributed by atoms with E-state index in [0.29, 0.717) is 12.5 Å². The van der Waals surface area contributed by atoms with Crippen LogP contribution in [-0.4, -0.2) is 28.3 Å². The molecular weight excluding hydrogens is 248 g/mol. The van der Waals surface area contributed by atoms with Crippen molar-refractivity contribution in [1.82, 2.24) is 9.88 Å². The molecule has 4 nitrogen and oxygen atoms in total. The zero-order valence-corrected chi connectivity index (χ0v) is 12.1. The molecule has 0 bridgehead atoms. The summed E-state index contributed by atoms with van der Waals surface area (Å²) >= 11 is 0. The van der Waals surface area contributed by atoms with Crippen molar-refractivity contribution < 1.29 is 0 Å². The Hall–Kier alpha value is -1.94. The van der Waals surface area contributed by atoms with Crippen LogP contribution in [0.4, 0.5) is 0 Å². The molecule has 0 saturated heterocycles. The molecule has 0 aliphatic rings. The second kappa shape index (κ2) is 6.48. The van der Waals surface area contributed by atoms with Crippen molar-refractivity contribution in [2.75, 3.05) is 6.54 Å². The number of rotatable bonds is 6. The van der Waals surface area contributed by atoms with Gasteiger partial charge in [-0.3, -0.25) is 15.3 Å². The Morgan fingerprint density at radius 1 is 1.30 bits per heavy atom. The van der Waals surface area contributed by atoms with Crippen LogP contribution in [0.1, 0.15) is 25.8 Å². The van der Waals surface area contributed by atoms with E-state index in [-0.39, 0.29) is 5.84 Å². The lowest BCUT2D eigenvalue weighted by Crippen LogP contribution is -2.33. The van der Waals surface area contributed by atoms with Crippen LogP contribution in [0.2, 0.25) is 0 Å². The Morgan fingerprint density at radius 2 is 2.05 bits per heavy atom. The van der Waals surface area contributed by atoms with Crippen molar-refractivity contribution in [1.29, 1.82) is 5.41 Å². The summed E-state index contributed by atoms with van der Waals surface area (Å²) in [6.07, 6.45) is 2.44. The van der Waals surface area contributed by atoms with Gasteiger partial charge >= 0.3 is 0 Å². The number of benzene rings is 1. The molecule has 0 saturated carbocycles. The Bertz CT molecular complexity index is 587. The third kappa shape index (κ3) is 3.54. The molecule has 1 heterocycles. The number of hydrogen-bond acceptors (Lipinski definition) is 3. The van der Waals surface area contributed by atoms with Gasteiger partial charge in [0.2, 0.25) is 0 Å². The molecule has 0 unspecified atom stereocenters. The van der Waals surface area contributed by atoms with Gasteiger partial charge < -0.3 is 5.73 Å². The largest absolute Gasteiger partial charge is 0.388 e. The van der Waals surface area contributed by atoms with Gasteiger partial charge in [0.25, 0.3) is 0 Å². The number of hydrogen-bond donors (Lipinski definition) is 2. The molecule has 0 amide bonds. The maximum absolute atomic E-state index is 7.38. The molecule has 3 N–H and O–H groups in total. The highest BCUT2D eigenvalue weighted by atomic mass is 15.1. The molecule has 4 heteroatoms. The van der Waals surface area contributed by atoms with E-state index in [4.69, 9.17) is 11.1 Å². The highest BCUT2D eigenvalue weighted by Gasteiger charge is 2.12. The third-order valence-electron chi connectivity index (χ3n) is 3.49. The van der Waals surface area contributed by atoms with Crippen molar-refractivity contribution in [3.8, 4) is 0 Å². The molecule has 2 aromatic rings. The van der Waals surface area contributed by atoms with E-state index < -0.39 is 0 Å². The molecule has 1 aromatic heterocycles. The molecule has 106 valence electrons. The van der Waals surface area contributed by atoms with Gasteiger partial charge in [-0.05, 0) is 25.5 Å². The number of pyridine rings is 1. The first-order valence-corrected chi connectivity index (χ1v) is 6.97. The van der Waals surface area contributed by atoms with Crippen LogP contribution in [0.5, 0.6) is 0 Å². The molecule has 20 heavy (non-hydrogen) atoms. The van der Waals surface area contributed by atoms with Gasteiger partial charge in [-0.15, -0.1) is 0 Å². The summed E-state index contributed by atoms with van der Waals surface area (Å²) in [5, 5.41) is 8.55. The first-order chi connectivity index (χ1) is 9.58. The van der Waals surface area contributed by atoms with Crippen molar-refractivity contribution in [3.05, 3.63) is 42.1 Å². The predicted octanol–water partition coefficient (Wildman–Crippen LogP) is 2.77. The van der Waals surface area contributed by atoms with Gasteiger partial charge in [0.15, 0.2) is 0 Å². The molecular formula is C16H22N4. The van der Waals surface area contributed by atoms with Gasteiger partial charge in [0, 0.05) is 37.1 Å². The highest BCUT2D eigenvalue weighted by Crippen LogP contribution is 2.18. The van der Waals surface area contributed by atoms with Gasteiger partial charge in [0.1, 0.15) is 0 Å². The summed E-state index contributed by atoms with van der Waals surface area (Å²) < 4.78 is 0. The molecule has 0 radical (unpaired) electrons. The topological polar surface area (TPSA) is 66.0 Å². The van der Waals surface area contributed by atoms with E-state index in [1.165, 1.54) is 10.9 Å². The summed E-state index contributed by atoms with van der Waals surface area (Å²) in [6, 6.07) is 10.7. The zero-order chi connectivity index (χ0) is 14.5. The maximum Gasteiger partial charge on any atom is 0.0918 e. The summed E-state index contributed by atoms with van der Waals surface area (Å²) in [5.41, 5.74) is 7.75. The van der Waals surface area contributed by atoms with E-state index >= 15 is 0 Å². The third-order valence-corrected chi connectivity index (χ3v) is 3.49. The summed E-state index contributed by atoms with van der Waals surface area (Å²) in [7, 11) is 0. The fourth-order valence-corrected chi connectivity index (χ4v) is 2.30. The number of fused-ring (bicyclic) bond motifs is 1. The monoisotopic (exact) mass is 270 g/mol. The molecule has 0 aliphatic carbocycles. The van der Waals surface area contributed by atoms with Crippen molar-refractivity contribution >= 4 is 16.7 Å². The SMILES string of the molecule is CC(C)N(CCC(=N)N)Cc1cccc2cccnc12. The minimum absolute atomic E-state index is 0.242. The van der Waals surface area contributed by atoms with Crippen LogP contribution in [0.15, 0.2) is 36.5 Å². The normalized spacial score (nSPS) is 11.4. The van der Waals surface area contributed by atoms with Gasteiger partial charge in [-0.25, -0.2) is 0 Å². The number of nitrogens with one attached hydrogen (secondary N) is 1. The van der Waals surface area contributed by atoms with E-state index in [2.05, 4.69) is 48.0 Å². The van der Waals surface area contributed by atoms with E-state index in [9.17, 15) is 0 Å². The minimum Gasteiger partial charge on any atom is -0.388 e. The maximum atomic E-state index is 7.38. The quantitative estimate of drug-likeness (QED) is 0.626. The lowest BCUT2D eigenvalue weighted by molar-refractivity contribution is 0.219. The van der Waals surface area contributed by atoms with E-state index in [1.54, 1.807) is 0 Å². The molecule has 0 fully saturated rings. The number of amidine groups is 1. The number of aromatic nitrogens is 1. The van der Waals surface area contributed by atoms with Gasteiger partial charge in [-0.1, -0.05) is 24.3 Å². The Balaban J connectivity index is 2.22. The first-order valence-electron chi connectivity index (χ1n) is 6.97. The number of para-hydroxylation sites is 1. The van der Waals surface area contributed by atoms with Gasteiger partial charge in [0.05, 0.1) is 11.4 Å². The molecule has 2 rings (SSSR count). The van der Waals surface area contributed by atoms with Crippen LogP contribution in [0.25, 0.3) is 10.9 Å². The predicted molar refractivity (Wildman–Crippen MR) is 83.8 cm³/mol. The van der Waals surface area contributed by atoms with Crippen molar-refractivity contribution in [3.63, 3.8) is 0 Å². The average Bonchev–Trinajstić information content (AvgIpc) is 2.43. The summed E-state index contributed by atoms with van der Waals surface area (Å²) in [6.45, 7) is 5.97. The van der Waals surface area contributed by atoms with Crippen LogP contribution in [0.3, 0.4) is 0 Å². The van der Waals surface area contributed by atoms with Crippen LogP contribution < -0.4 is 5.73 Å². The Kier molecular flexibility index (Phi) is 4.69. The first kappa shape index (κ1) is 14.5. The molecule has 0 spiro atoms. The Morgan fingerprint density at radius 3 is 2.75 bits per heavy atom. The fourth-order valence-electron chi connectivity index (χ4n) is 2.30. The van der Waals surface area contributed by atoms with Crippen LogP contribution in [0, 0.1) is 5.41 Å². The lowest BCUT2D eigenvalue weighted by atomic mass is 10.1. The second-order valence-electron chi connectivity index (χ2n) is 5.33. The smallest absolute Gasteiger partial charge is 0.0918 e. The fraction of sp³-hybridized carbons (Fsp3) is 0.375. The van der Waals surface area contributed by atoms with Crippen LogP contribution >= 0.6 is 0 Å². The lowest BCUT2D eigenvalue weighted by Gasteiger charge is -2.26. The van der Waals surface area contributed by atoms with E-state index in [0.717, 1.165) is 18.6 Å². The highest BCUT2D eigenvalue weighted by molar-refractivity contribution is 5.81. The standard InChI is InChI=1S/C16H22N4/c1-12(2)20(10-8-15(17)18)11-14-6-3-5-13-7-4-9-19-16(13)14/h3-7,9,12H,8,10-11H2,1-2H3,(H3,17,18). The van der Waals surface area contributed by atoms with Gasteiger partial charge in [-0.2, -0.15) is 0 Å².